The number of aliphatic hydroxyl groups is 1. The van der Waals surface area contributed by atoms with Gasteiger partial charge in [-0.3, -0.25) is 9.69 Å². The van der Waals surface area contributed by atoms with Crippen LogP contribution in [0.25, 0.3) is 0 Å². The van der Waals surface area contributed by atoms with Crippen LogP contribution in [-0.2, 0) is 36.8 Å². The molecule has 0 aromatic heterocycles. The average Bonchev–Trinajstić information content (AvgIpc) is 3.17. The standard InChI is InChI=1S/C43H56N4O7/c1-43(2,3)46-39(49)37-23-20-30-12-8-9-13-36(30)47(37)26-34-25-38(31-16-14-29(27-48)15-17-31)54-41(53-34)32-18-21-33(22-19-32)44-42(51)45-35(40(50)52-4)24-28-10-6-5-7-11-28/h5-7,10-11,14-19,21-22,30,34-38,41,48H,8-9,12-13,20,23-27H2,1-4H3,(H,46,49)(H2,44,45,51)/t30-,34+,35+,36-,37-,38-,41-/m1/s1. The van der Waals surface area contributed by atoms with Crippen molar-refractivity contribution in [2.75, 3.05) is 19.0 Å². The minimum Gasteiger partial charge on any atom is -0.467 e. The predicted octanol–water partition coefficient (Wildman–Crippen LogP) is 6.57. The van der Waals surface area contributed by atoms with Crippen molar-refractivity contribution in [2.24, 2.45) is 5.92 Å². The number of anilines is 1. The summed E-state index contributed by atoms with van der Waals surface area (Å²) >= 11 is 0. The van der Waals surface area contributed by atoms with E-state index in [0.717, 1.165) is 47.9 Å². The highest BCUT2D eigenvalue weighted by molar-refractivity contribution is 5.92. The Morgan fingerprint density at radius 3 is 2.26 bits per heavy atom. The van der Waals surface area contributed by atoms with E-state index in [9.17, 15) is 19.5 Å². The zero-order valence-corrected chi connectivity index (χ0v) is 32.0. The van der Waals surface area contributed by atoms with Crippen molar-refractivity contribution in [3.05, 3.63) is 101 Å². The van der Waals surface area contributed by atoms with Gasteiger partial charge in [-0.1, -0.05) is 79.6 Å². The second-order valence-corrected chi connectivity index (χ2v) is 16.0. The van der Waals surface area contributed by atoms with E-state index in [0.29, 0.717) is 37.0 Å². The lowest BCUT2D eigenvalue weighted by atomic mass is 9.75. The van der Waals surface area contributed by atoms with Crippen LogP contribution in [0, 0.1) is 5.92 Å². The first-order chi connectivity index (χ1) is 26.0. The van der Waals surface area contributed by atoms with Crippen LogP contribution in [0.4, 0.5) is 10.5 Å². The van der Waals surface area contributed by atoms with Crippen molar-refractivity contribution in [2.45, 2.75) is 121 Å². The van der Waals surface area contributed by atoms with Gasteiger partial charge in [-0.25, -0.2) is 9.59 Å². The molecule has 2 aliphatic heterocycles. The first kappa shape index (κ1) is 39.4. The van der Waals surface area contributed by atoms with Crippen molar-refractivity contribution in [3.8, 4) is 0 Å². The Balaban J connectivity index is 1.19. The molecule has 7 atom stereocenters. The van der Waals surface area contributed by atoms with Gasteiger partial charge in [0, 0.05) is 42.2 Å². The van der Waals surface area contributed by atoms with Gasteiger partial charge in [-0.05, 0) is 81.2 Å². The number of nitrogens with zero attached hydrogens (tertiary/aromatic N) is 1. The van der Waals surface area contributed by atoms with Gasteiger partial charge in [0.2, 0.25) is 5.91 Å². The predicted molar refractivity (Wildman–Crippen MR) is 206 cm³/mol. The van der Waals surface area contributed by atoms with E-state index in [1.54, 1.807) is 12.1 Å². The summed E-state index contributed by atoms with van der Waals surface area (Å²) in [4.78, 5) is 41.7. The number of hydrogen-bond acceptors (Lipinski definition) is 8. The Kier molecular flexibility index (Phi) is 13.1. The van der Waals surface area contributed by atoms with E-state index >= 15 is 0 Å². The molecule has 54 heavy (non-hydrogen) atoms. The van der Waals surface area contributed by atoms with Gasteiger partial charge in [0.05, 0.1) is 32.0 Å². The maximum Gasteiger partial charge on any atom is 0.328 e. The highest BCUT2D eigenvalue weighted by Crippen LogP contribution is 2.42. The molecule has 1 aliphatic carbocycles. The summed E-state index contributed by atoms with van der Waals surface area (Å²) in [6.45, 7) is 6.65. The number of amides is 3. The number of carbonyl (C=O) groups excluding carboxylic acids is 3. The third kappa shape index (κ3) is 10.3. The van der Waals surface area contributed by atoms with Crippen molar-refractivity contribution in [1.82, 2.24) is 15.5 Å². The number of benzene rings is 3. The minimum atomic E-state index is -0.857. The van der Waals surface area contributed by atoms with Gasteiger partial charge in [-0.15, -0.1) is 0 Å². The van der Waals surface area contributed by atoms with E-state index in [4.69, 9.17) is 14.2 Å². The van der Waals surface area contributed by atoms with E-state index in [-0.39, 0.29) is 36.3 Å². The minimum absolute atomic E-state index is 0.0372. The van der Waals surface area contributed by atoms with Gasteiger partial charge in [0.25, 0.3) is 0 Å². The monoisotopic (exact) mass is 740 g/mol. The molecule has 11 nitrogen and oxygen atoms in total. The van der Waals surface area contributed by atoms with Gasteiger partial charge >= 0.3 is 12.0 Å². The van der Waals surface area contributed by atoms with Crippen LogP contribution in [-0.4, -0.2) is 71.3 Å². The highest BCUT2D eigenvalue weighted by Gasteiger charge is 2.44. The summed E-state index contributed by atoms with van der Waals surface area (Å²) < 4.78 is 18.3. The van der Waals surface area contributed by atoms with Crippen molar-refractivity contribution in [1.29, 1.82) is 0 Å². The molecular formula is C43H56N4O7. The van der Waals surface area contributed by atoms with Crippen molar-refractivity contribution in [3.63, 3.8) is 0 Å². The molecule has 290 valence electrons. The number of piperidine rings is 1. The van der Waals surface area contributed by atoms with Gasteiger partial charge in [-0.2, -0.15) is 0 Å². The SMILES string of the molecule is COC(=O)[C@H](Cc1ccccc1)NC(=O)Nc1ccc([C@@H]2O[C@H](CN3[C@@H](C(=O)NC(C)(C)C)CC[C@H]4CCCC[C@H]43)C[C@H](c3ccc(CO)cc3)O2)cc1. The number of nitrogens with one attached hydrogen (secondary N) is 3. The summed E-state index contributed by atoms with van der Waals surface area (Å²) in [5.74, 6) is 0.125. The van der Waals surface area contributed by atoms with E-state index in [1.165, 1.54) is 20.0 Å². The quantitative estimate of drug-likeness (QED) is 0.162. The van der Waals surface area contributed by atoms with Crippen LogP contribution in [0.2, 0.25) is 0 Å². The van der Waals surface area contributed by atoms with Crippen LogP contribution in [0.3, 0.4) is 0 Å². The number of methoxy groups -OCH3 is 1. The zero-order chi connectivity index (χ0) is 38.2. The molecule has 3 aromatic rings. The van der Waals surface area contributed by atoms with Gasteiger partial charge in [0.1, 0.15) is 6.04 Å². The smallest absolute Gasteiger partial charge is 0.328 e. The summed E-state index contributed by atoms with van der Waals surface area (Å²) in [5, 5.41) is 18.5. The maximum absolute atomic E-state index is 13.8. The second kappa shape index (κ2) is 17.9. The molecule has 11 heteroatoms. The number of fused-ring (bicyclic) bond motifs is 1. The number of esters is 1. The molecular weight excluding hydrogens is 684 g/mol. The number of aliphatic hydroxyl groups excluding tert-OH is 1. The normalized spacial score (nSPS) is 25.1. The highest BCUT2D eigenvalue weighted by atomic mass is 16.7. The number of urea groups is 1. The first-order valence-corrected chi connectivity index (χ1v) is 19.4. The Bertz CT molecular complexity index is 1700. The fraction of sp³-hybridized carbons (Fsp3) is 0.512. The topological polar surface area (TPSA) is 138 Å². The molecule has 4 N–H and O–H groups in total. The third-order valence-electron chi connectivity index (χ3n) is 10.9. The summed E-state index contributed by atoms with van der Waals surface area (Å²) in [5.41, 5.74) is 3.71. The molecule has 3 fully saturated rings. The largest absolute Gasteiger partial charge is 0.467 e. The fourth-order valence-electron chi connectivity index (χ4n) is 8.23. The van der Waals surface area contributed by atoms with Crippen LogP contribution >= 0.6 is 0 Å². The van der Waals surface area contributed by atoms with Crippen LogP contribution in [0.15, 0.2) is 78.9 Å². The molecule has 3 aliphatic rings. The molecule has 0 unspecified atom stereocenters. The van der Waals surface area contributed by atoms with Crippen LogP contribution < -0.4 is 16.0 Å². The Morgan fingerprint density at radius 2 is 1.57 bits per heavy atom. The summed E-state index contributed by atoms with van der Waals surface area (Å²) in [7, 11) is 1.30. The Hall–Kier alpha value is -4.29. The lowest BCUT2D eigenvalue weighted by Crippen LogP contribution is -2.61. The number of likely N-dealkylation sites (tertiary alicyclic amines) is 1. The Labute approximate surface area is 319 Å². The van der Waals surface area contributed by atoms with Gasteiger partial charge in [0.15, 0.2) is 6.29 Å². The number of carbonyl (C=O) groups is 3. The van der Waals surface area contributed by atoms with Crippen molar-refractivity contribution < 1.29 is 33.7 Å². The molecule has 1 saturated carbocycles. The lowest BCUT2D eigenvalue weighted by molar-refractivity contribution is -0.255. The first-order valence-electron chi connectivity index (χ1n) is 19.4. The van der Waals surface area contributed by atoms with Crippen LogP contribution in [0.1, 0.15) is 100 Å². The summed E-state index contributed by atoms with van der Waals surface area (Å²) in [6, 6.07) is 23.3. The molecule has 6 rings (SSSR count). The Morgan fingerprint density at radius 1 is 0.870 bits per heavy atom. The third-order valence-corrected chi connectivity index (χ3v) is 10.9. The average molecular weight is 741 g/mol. The molecule has 3 amide bonds. The molecule has 2 heterocycles. The molecule has 2 saturated heterocycles. The van der Waals surface area contributed by atoms with E-state index < -0.39 is 24.3 Å². The molecule has 0 radical (unpaired) electrons. The lowest BCUT2D eigenvalue weighted by Gasteiger charge is -2.50. The summed E-state index contributed by atoms with van der Waals surface area (Å²) in [6.07, 6.45) is 6.28. The molecule has 0 bridgehead atoms. The fourth-order valence-corrected chi connectivity index (χ4v) is 8.23. The van der Waals surface area contributed by atoms with Crippen molar-refractivity contribution >= 4 is 23.6 Å². The zero-order valence-electron chi connectivity index (χ0n) is 32.0. The molecule has 3 aromatic carbocycles. The number of hydrogen-bond donors (Lipinski definition) is 4. The van der Waals surface area contributed by atoms with E-state index in [2.05, 4.69) is 20.9 Å². The van der Waals surface area contributed by atoms with Crippen LogP contribution in [0.5, 0.6) is 0 Å². The number of ether oxygens (including phenoxy) is 3. The van der Waals surface area contributed by atoms with Gasteiger partial charge < -0.3 is 35.3 Å². The second-order valence-electron chi connectivity index (χ2n) is 16.0. The molecule has 0 spiro atoms. The maximum atomic E-state index is 13.8. The van der Waals surface area contributed by atoms with E-state index in [1.807, 2.05) is 87.5 Å². The number of rotatable bonds is 11.